The number of nitrogens with zero attached hydrogens (tertiary/aromatic N) is 2. The zero-order valence-corrected chi connectivity index (χ0v) is 30.0. The lowest BCUT2D eigenvalue weighted by atomic mass is 9.79. The maximum absolute atomic E-state index is 14.3. The van der Waals surface area contributed by atoms with Gasteiger partial charge < -0.3 is 26.3 Å². The molecule has 3 heterocycles. The number of rotatable bonds is 11. The van der Waals surface area contributed by atoms with Gasteiger partial charge in [-0.05, 0) is 85.5 Å². The first-order valence-corrected chi connectivity index (χ1v) is 19.1. The Labute approximate surface area is 304 Å². The van der Waals surface area contributed by atoms with Gasteiger partial charge in [-0.3, -0.25) is 24.1 Å². The summed E-state index contributed by atoms with van der Waals surface area (Å²) in [6.45, 7) is 1.22. The van der Waals surface area contributed by atoms with Crippen molar-refractivity contribution in [3.8, 4) is 0 Å². The number of benzene rings is 2. The Hall–Kier alpha value is -4.51. The predicted octanol–water partition coefficient (Wildman–Crippen LogP) is 4.47. The number of likely N-dealkylation sites (tertiary alicyclic amines) is 1. The number of H-pyrrole nitrogens is 1. The van der Waals surface area contributed by atoms with E-state index in [1.165, 1.54) is 42.3 Å². The van der Waals surface area contributed by atoms with Crippen LogP contribution in [0.3, 0.4) is 0 Å². The van der Waals surface area contributed by atoms with Gasteiger partial charge in [-0.1, -0.05) is 62.4 Å². The average molecular weight is 711 g/mol. The number of likely N-dealkylation sites (N-methyl/N-ethyl adjacent to an activating group) is 1. The molecule has 11 heteroatoms. The largest absolute Gasteiger partial charge is 0.369 e. The SMILES string of the molecule is CN1C[C@H](C(=O)N[C@@H](Cc2ccc(F)cc2)C(=O)N[C@@H](CCC2CCCCC2)C(=O)N2CCCC(C(N)=O)C2)C=C2c3cccc4[nH]cc(c34)C[C@H]21. The van der Waals surface area contributed by atoms with Crippen LogP contribution in [-0.4, -0.2) is 83.2 Å². The van der Waals surface area contributed by atoms with Crippen molar-refractivity contribution in [2.45, 2.75) is 88.8 Å². The molecule has 1 saturated heterocycles. The van der Waals surface area contributed by atoms with Crippen LogP contribution in [0.2, 0.25) is 0 Å². The quantitative estimate of drug-likeness (QED) is 0.233. The molecule has 7 rings (SSSR count). The maximum atomic E-state index is 14.3. The normalized spacial score (nSPS) is 23.3. The van der Waals surface area contributed by atoms with Crippen LogP contribution in [-0.2, 0) is 32.0 Å². The number of nitrogens with two attached hydrogens (primary N) is 1. The van der Waals surface area contributed by atoms with E-state index in [0.717, 1.165) is 42.3 Å². The summed E-state index contributed by atoms with van der Waals surface area (Å²) in [5.41, 5.74) is 10.9. The van der Waals surface area contributed by atoms with Crippen LogP contribution in [0, 0.1) is 23.6 Å². The third-order valence-electron chi connectivity index (χ3n) is 11.9. The molecule has 1 aromatic heterocycles. The first-order valence-electron chi connectivity index (χ1n) is 19.1. The summed E-state index contributed by atoms with van der Waals surface area (Å²) in [6, 6.07) is 10.4. The second-order valence-electron chi connectivity index (χ2n) is 15.5. The average Bonchev–Trinajstić information content (AvgIpc) is 3.58. The van der Waals surface area contributed by atoms with E-state index in [1.807, 2.05) is 13.1 Å². The monoisotopic (exact) mass is 710 g/mol. The van der Waals surface area contributed by atoms with E-state index in [1.54, 1.807) is 17.0 Å². The summed E-state index contributed by atoms with van der Waals surface area (Å²) in [6.07, 6.45) is 13.5. The zero-order valence-electron chi connectivity index (χ0n) is 30.0. The van der Waals surface area contributed by atoms with Gasteiger partial charge >= 0.3 is 0 Å². The van der Waals surface area contributed by atoms with Crippen molar-refractivity contribution in [2.24, 2.45) is 23.5 Å². The minimum atomic E-state index is -1.00. The van der Waals surface area contributed by atoms with Crippen LogP contribution in [0.5, 0.6) is 0 Å². The van der Waals surface area contributed by atoms with Gasteiger partial charge in [0.1, 0.15) is 17.9 Å². The van der Waals surface area contributed by atoms with Gasteiger partial charge in [-0.2, -0.15) is 0 Å². The highest BCUT2D eigenvalue weighted by Gasteiger charge is 2.38. The number of nitrogens with one attached hydrogen (secondary N) is 3. The van der Waals surface area contributed by atoms with E-state index in [2.05, 4.69) is 44.9 Å². The van der Waals surface area contributed by atoms with E-state index >= 15 is 0 Å². The Bertz CT molecular complexity index is 1830. The van der Waals surface area contributed by atoms with Gasteiger partial charge in [0.15, 0.2) is 0 Å². The fourth-order valence-corrected chi connectivity index (χ4v) is 9.00. The molecule has 1 unspecified atom stereocenters. The lowest BCUT2D eigenvalue weighted by Crippen LogP contribution is -2.57. The fourth-order valence-electron chi connectivity index (χ4n) is 9.00. The van der Waals surface area contributed by atoms with E-state index in [9.17, 15) is 23.6 Å². The topological polar surface area (TPSA) is 141 Å². The number of hydrogen-bond acceptors (Lipinski definition) is 5. The van der Waals surface area contributed by atoms with Crippen LogP contribution in [0.15, 0.2) is 54.7 Å². The molecule has 1 saturated carbocycles. The minimum Gasteiger partial charge on any atom is -0.369 e. The summed E-state index contributed by atoms with van der Waals surface area (Å²) in [5.74, 6) is -2.22. The molecule has 4 amide bonds. The number of carbonyl (C=O) groups is 4. The summed E-state index contributed by atoms with van der Waals surface area (Å²) in [4.78, 5) is 61.9. The van der Waals surface area contributed by atoms with Crippen molar-refractivity contribution < 1.29 is 23.6 Å². The van der Waals surface area contributed by atoms with E-state index in [0.29, 0.717) is 43.8 Å². The van der Waals surface area contributed by atoms with Crippen molar-refractivity contribution >= 4 is 40.1 Å². The molecule has 2 aliphatic heterocycles. The standard InChI is InChI=1S/C41H51FN6O4/c1-47-23-29(20-32-31-10-5-11-33-37(31)28(22-44-33)21-36(32)47)39(50)46-35(19-26-12-15-30(42)16-13-26)40(51)45-34(17-14-25-7-3-2-4-8-25)41(52)48-18-6-9-27(24-48)38(43)49/h5,10-13,15-16,20,22,25,27,29,34-36,44H,2-4,6-9,14,17-19,21,23-24H2,1H3,(H2,43,49)(H,45,51)(H,46,50)/t27?,29-,34+,35+,36-/m1/s1. The highest BCUT2D eigenvalue weighted by atomic mass is 19.1. The van der Waals surface area contributed by atoms with Crippen LogP contribution in [0.25, 0.3) is 16.5 Å². The molecule has 0 bridgehead atoms. The molecular formula is C41H51FN6O4. The maximum Gasteiger partial charge on any atom is 0.245 e. The van der Waals surface area contributed by atoms with Crippen LogP contribution in [0.1, 0.15) is 74.5 Å². The molecule has 0 spiro atoms. The summed E-state index contributed by atoms with van der Waals surface area (Å²) < 4.78 is 13.9. The molecule has 276 valence electrons. The van der Waals surface area contributed by atoms with Crippen LogP contribution in [0.4, 0.5) is 4.39 Å². The highest BCUT2D eigenvalue weighted by Crippen LogP contribution is 2.41. The Balaban J connectivity index is 1.13. The number of amides is 4. The first kappa shape index (κ1) is 35.9. The number of aromatic nitrogens is 1. The number of hydrogen-bond donors (Lipinski definition) is 4. The Kier molecular flexibility index (Phi) is 10.8. The van der Waals surface area contributed by atoms with Crippen LogP contribution >= 0.6 is 0 Å². The van der Waals surface area contributed by atoms with Crippen molar-refractivity contribution in [1.82, 2.24) is 25.4 Å². The third-order valence-corrected chi connectivity index (χ3v) is 11.9. The van der Waals surface area contributed by atoms with Crippen molar-refractivity contribution in [3.63, 3.8) is 0 Å². The molecule has 3 aromatic rings. The lowest BCUT2D eigenvalue weighted by Gasteiger charge is -2.39. The van der Waals surface area contributed by atoms with Gasteiger partial charge in [0.25, 0.3) is 0 Å². The van der Waals surface area contributed by atoms with E-state index in [-0.39, 0.29) is 30.8 Å². The highest BCUT2D eigenvalue weighted by molar-refractivity contribution is 6.00. The summed E-state index contributed by atoms with van der Waals surface area (Å²) in [7, 11) is 2.03. The molecule has 5 N–H and O–H groups in total. The molecule has 2 fully saturated rings. The fraction of sp³-hybridized carbons (Fsp3) is 0.512. The summed E-state index contributed by atoms with van der Waals surface area (Å²) >= 11 is 0. The van der Waals surface area contributed by atoms with Gasteiger partial charge in [0.2, 0.25) is 23.6 Å². The summed E-state index contributed by atoms with van der Waals surface area (Å²) in [5, 5.41) is 7.28. The molecule has 52 heavy (non-hydrogen) atoms. The second kappa shape index (κ2) is 15.6. The third kappa shape index (κ3) is 7.79. The smallest absolute Gasteiger partial charge is 0.245 e. The molecule has 4 aliphatic rings. The Morgan fingerprint density at radius 3 is 2.52 bits per heavy atom. The predicted molar refractivity (Wildman–Crippen MR) is 198 cm³/mol. The van der Waals surface area contributed by atoms with Gasteiger partial charge in [0.05, 0.1) is 11.8 Å². The molecule has 2 aromatic carbocycles. The molecule has 0 radical (unpaired) electrons. The van der Waals surface area contributed by atoms with Crippen LogP contribution < -0.4 is 16.4 Å². The number of halogens is 1. The Morgan fingerprint density at radius 2 is 1.75 bits per heavy atom. The van der Waals surface area contributed by atoms with Gasteiger partial charge in [0, 0.05) is 49.2 Å². The van der Waals surface area contributed by atoms with Gasteiger partial charge in [-0.25, -0.2) is 4.39 Å². The van der Waals surface area contributed by atoms with E-state index < -0.39 is 41.6 Å². The number of piperidine rings is 1. The molecular weight excluding hydrogens is 659 g/mol. The molecule has 2 aliphatic carbocycles. The second-order valence-corrected chi connectivity index (χ2v) is 15.5. The van der Waals surface area contributed by atoms with Crippen molar-refractivity contribution in [3.05, 3.63) is 77.2 Å². The van der Waals surface area contributed by atoms with Crippen molar-refractivity contribution in [1.29, 1.82) is 0 Å². The van der Waals surface area contributed by atoms with Crippen molar-refractivity contribution in [2.75, 3.05) is 26.7 Å². The number of aromatic amines is 1. The lowest BCUT2D eigenvalue weighted by molar-refractivity contribution is -0.140. The zero-order chi connectivity index (χ0) is 36.4. The molecule has 10 nitrogen and oxygen atoms in total. The van der Waals surface area contributed by atoms with Gasteiger partial charge in [-0.15, -0.1) is 0 Å². The first-order chi connectivity index (χ1) is 25.1. The van der Waals surface area contributed by atoms with E-state index in [4.69, 9.17) is 5.73 Å². The number of primary amides is 1. The molecule has 5 atom stereocenters. The number of fused-ring (bicyclic) bond motifs is 2. The number of carbonyl (C=O) groups excluding carboxylic acids is 4. The minimum absolute atomic E-state index is 0.128. The Morgan fingerprint density at radius 1 is 0.962 bits per heavy atom.